The Hall–Kier alpha value is -4.17. The summed E-state index contributed by atoms with van der Waals surface area (Å²) in [5.74, 6) is 1.17. The number of fused-ring (bicyclic) bond motifs is 1. The monoisotopic (exact) mass is 453 g/mol. The van der Waals surface area contributed by atoms with Crippen molar-refractivity contribution >= 4 is 16.8 Å². The molecule has 0 unspecified atom stereocenters. The molecule has 6 rings (SSSR count). The largest absolute Gasteiger partial charge is 0.452 e. The molecule has 0 amide bonds. The van der Waals surface area contributed by atoms with Crippen LogP contribution in [-0.2, 0) is 4.74 Å². The molecular weight excluding hydrogens is 430 g/mol. The average molecular weight is 454 g/mol. The molecule has 5 heterocycles. The molecule has 5 aromatic rings. The molecule has 0 radical (unpaired) electrons. The lowest BCUT2D eigenvalue weighted by Crippen LogP contribution is -2.36. The highest BCUT2D eigenvalue weighted by Gasteiger charge is 2.21. The van der Waals surface area contributed by atoms with E-state index in [1.165, 1.54) is 5.56 Å². The minimum Gasteiger partial charge on any atom is -0.452 e. The van der Waals surface area contributed by atoms with Gasteiger partial charge in [-0.15, -0.1) is 0 Å². The van der Waals surface area contributed by atoms with E-state index in [2.05, 4.69) is 35.0 Å². The lowest BCUT2D eigenvalue weighted by molar-refractivity contribution is 0.122. The number of benzene rings is 1. The van der Waals surface area contributed by atoms with Crippen LogP contribution in [0.3, 0.4) is 0 Å². The molecule has 1 aromatic carbocycles. The van der Waals surface area contributed by atoms with E-state index in [0.29, 0.717) is 41.5 Å². The fourth-order valence-electron chi connectivity index (χ4n) is 4.31. The van der Waals surface area contributed by atoms with Crippen molar-refractivity contribution in [3.8, 4) is 28.4 Å². The quantitative estimate of drug-likeness (QED) is 0.439. The van der Waals surface area contributed by atoms with Crippen molar-refractivity contribution in [2.24, 2.45) is 0 Å². The van der Waals surface area contributed by atoms with Crippen molar-refractivity contribution in [3.63, 3.8) is 0 Å². The molecule has 8 heteroatoms. The first-order valence-corrected chi connectivity index (χ1v) is 11.2. The van der Waals surface area contributed by atoms with Gasteiger partial charge in [0.25, 0.3) is 5.56 Å². The van der Waals surface area contributed by atoms with E-state index >= 15 is 0 Å². The Balaban J connectivity index is 1.49. The number of hydrogen-bond donors (Lipinski definition) is 1. The molecule has 1 fully saturated rings. The van der Waals surface area contributed by atoms with Gasteiger partial charge in [0.05, 0.1) is 30.2 Å². The second-order valence-electron chi connectivity index (χ2n) is 8.35. The van der Waals surface area contributed by atoms with Crippen molar-refractivity contribution in [2.45, 2.75) is 6.92 Å². The molecule has 8 nitrogen and oxygen atoms in total. The van der Waals surface area contributed by atoms with Crippen LogP contribution >= 0.6 is 0 Å². The van der Waals surface area contributed by atoms with Crippen LogP contribution in [0.5, 0.6) is 0 Å². The van der Waals surface area contributed by atoms with Gasteiger partial charge in [0, 0.05) is 43.2 Å². The predicted octanol–water partition coefficient (Wildman–Crippen LogP) is 4.18. The number of nitrogens with one attached hydrogen (secondary N) is 1. The maximum atomic E-state index is 12.4. The third-order valence-corrected chi connectivity index (χ3v) is 6.02. The number of rotatable bonds is 4. The van der Waals surface area contributed by atoms with E-state index in [1.807, 2.05) is 30.5 Å². The minimum absolute atomic E-state index is 0.204. The Bertz CT molecular complexity index is 1540. The maximum Gasteiger partial charge on any atom is 0.258 e. The number of anilines is 1. The number of aromatic nitrogens is 4. The highest BCUT2D eigenvalue weighted by molar-refractivity contribution is 5.91. The third kappa shape index (κ3) is 3.68. The number of ether oxygens (including phenoxy) is 1. The van der Waals surface area contributed by atoms with Gasteiger partial charge >= 0.3 is 0 Å². The molecule has 1 aliphatic rings. The van der Waals surface area contributed by atoms with Crippen molar-refractivity contribution in [2.75, 3.05) is 31.2 Å². The van der Waals surface area contributed by atoms with E-state index in [0.717, 1.165) is 30.0 Å². The van der Waals surface area contributed by atoms with Crippen LogP contribution in [0, 0.1) is 6.92 Å². The Labute approximate surface area is 195 Å². The first-order valence-electron chi connectivity index (χ1n) is 11.2. The van der Waals surface area contributed by atoms with Crippen molar-refractivity contribution < 1.29 is 9.15 Å². The zero-order valence-corrected chi connectivity index (χ0v) is 18.7. The summed E-state index contributed by atoms with van der Waals surface area (Å²) in [6, 6.07) is 17.6. The van der Waals surface area contributed by atoms with Gasteiger partial charge in [-0.2, -0.15) is 5.10 Å². The van der Waals surface area contributed by atoms with Gasteiger partial charge in [0.2, 0.25) is 0 Å². The first kappa shape index (κ1) is 20.4. The van der Waals surface area contributed by atoms with E-state index in [1.54, 1.807) is 23.0 Å². The van der Waals surface area contributed by atoms with Crippen LogP contribution in [0.2, 0.25) is 0 Å². The molecule has 170 valence electrons. The molecule has 4 aromatic heterocycles. The Morgan fingerprint density at radius 2 is 1.91 bits per heavy atom. The van der Waals surface area contributed by atoms with Crippen LogP contribution < -0.4 is 10.5 Å². The second-order valence-corrected chi connectivity index (χ2v) is 8.35. The lowest BCUT2D eigenvalue weighted by Gasteiger charge is -2.28. The number of hydrogen-bond acceptors (Lipinski definition) is 6. The topological polar surface area (TPSA) is 89.2 Å². The number of H-pyrrole nitrogens is 1. The van der Waals surface area contributed by atoms with E-state index < -0.39 is 0 Å². The third-order valence-electron chi connectivity index (χ3n) is 6.02. The minimum atomic E-state index is -0.204. The zero-order chi connectivity index (χ0) is 23.1. The molecule has 34 heavy (non-hydrogen) atoms. The number of furan rings is 1. The zero-order valence-electron chi connectivity index (χ0n) is 18.7. The molecule has 0 saturated carbocycles. The van der Waals surface area contributed by atoms with Gasteiger partial charge in [0.1, 0.15) is 11.3 Å². The highest BCUT2D eigenvalue weighted by Crippen LogP contribution is 2.34. The molecular formula is C26H23N5O3. The summed E-state index contributed by atoms with van der Waals surface area (Å²) in [6.07, 6.45) is 3.52. The Morgan fingerprint density at radius 3 is 2.74 bits per heavy atom. The standard InChI is InChI=1S/C26H23N5O3/c1-17-4-2-5-18(14-17)20-7-9-31(29-20)24-16-22(30-10-12-33-13-11-30)25-21(28-24)15-23(34-25)19-6-3-8-27-26(19)32/h2-9,14-16H,10-13H2,1H3,(H,27,32). The van der Waals surface area contributed by atoms with Crippen LogP contribution in [0.15, 0.2) is 76.2 Å². The van der Waals surface area contributed by atoms with Gasteiger partial charge in [-0.05, 0) is 31.2 Å². The molecule has 1 N–H and O–H groups in total. The Morgan fingerprint density at radius 1 is 1.03 bits per heavy atom. The predicted molar refractivity (Wildman–Crippen MR) is 130 cm³/mol. The summed E-state index contributed by atoms with van der Waals surface area (Å²) in [5.41, 5.74) is 5.61. The summed E-state index contributed by atoms with van der Waals surface area (Å²) < 4.78 is 13.5. The molecule has 0 atom stereocenters. The van der Waals surface area contributed by atoms with Crippen LogP contribution in [0.25, 0.3) is 39.5 Å². The SMILES string of the molecule is Cc1cccc(-c2ccn(-c3cc(N4CCOCC4)c4oc(-c5ccc[nH]c5=O)cc4n3)n2)c1. The normalized spacial score (nSPS) is 14.1. The molecule has 1 saturated heterocycles. The van der Waals surface area contributed by atoms with Crippen LogP contribution in [0.4, 0.5) is 5.69 Å². The Kier molecular flexibility index (Phi) is 5.00. The number of aromatic amines is 1. The number of aryl methyl sites for hydroxylation is 1. The average Bonchev–Trinajstić information content (AvgIpc) is 3.52. The van der Waals surface area contributed by atoms with Crippen molar-refractivity contribution in [3.05, 3.63) is 82.9 Å². The lowest BCUT2D eigenvalue weighted by atomic mass is 10.1. The van der Waals surface area contributed by atoms with Crippen LogP contribution in [0.1, 0.15) is 5.56 Å². The summed E-state index contributed by atoms with van der Waals surface area (Å²) in [4.78, 5) is 22.1. The first-order chi connectivity index (χ1) is 16.7. The molecule has 0 spiro atoms. The number of morpholine rings is 1. The van der Waals surface area contributed by atoms with Crippen molar-refractivity contribution in [1.82, 2.24) is 19.7 Å². The van der Waals surface area contributed by atoms with E-state index in [4.69, 9.17) is 19.2 Å². The number of pyridine rings is 2. The summed E-state index contributed by atoms with van der Waals surface area (Å²) in [6.45, 7) is 4.84. The van der Waals surface area contributed by atoms with E-state index in [-0.39, 0.29) is 5.56 Å². The fraction of sp³-hybridized carbons (Fsp3) is 0.192. The maximum absolute atomic E-state index is 12.4. The second kappa shape index (κ2) is 8.31. The highest BCUT2D eigenvalue weighted by atomic mass is 16.5. The van der Waals surface area contributed by atoms with E-state index in [9.17, 15) is 4.79 Å². The summed E-state index contributed by atoms with van der Waals surface area (Å²) in [7, 11) is 0. The van der Waals surface area contributed by atoms with Gasteiger partial charge in [0.15, 0.2) is 11.4 Å². The molecule has 0 bridgehead atoms. The fourth-order valence-corrected chi connectivity index (χ4v) is 4.31. The van der Waals surface area contributed by atoms with Crippen LogP contribution in [-0.4, -0.2) is 46.1 Å². The summed E-state index contributed by atoms with van der Waals surface area (Å²) >= 11 is 0. The smallest absolute Gasteiger partial charge is 0.258 e. The molecule has 0 aliphatic carbocycles. The van der Waals surface area contributed by atoms with Gasteiger partial charge in [-0.3, -0.25) is 4.79 Å². The molecule has 1 aliphatic heterocycles. The summed E-state index contributed by atoms with van der Waals surface area (Å²) in [5, 5.41) is 4.79. The van der Waals surface area contributed by atoms with Gasteiger partial charge < -0.3 is 19.0 Å². The van der Waals surface area contributed by atoms with Crippen molar-refractivity contribution in [1.29, 1.82) is 0 Å². The van der Waals surface area contributed by atoms with Gasteiger partial charge in [-0.1, -0.05) is 23.8 Å². The number of nitrogens with zero attached hydrogens (tertiary/aromatic N) is 4. The van der Waals surface area contributed by atoms with Gasteiger partial charge in [-0.25, -0.2) is 9.67 Å².